The maximum atomic E-state index is 12.1. The first-order chi connectivity index (χ1) is 10.6. The molecule has 22 heavy (non-hydrogen) atoms. The zero-order chi connectivity index (χ0) is 15.9. The van der Waals surface area contributed by atoms with Gasteiger partial charge in [0, 0.05) is 20.1 Å². The van der Waals surface area contributed by atoms with Gasteiger partial charge in [-0.05, 0) is 18.4 Å². The zero-order valence-electron chi connectivity index (χ0n) is 13.0. The van der Waals surface area contributed by atoms with E-state index in [0.29, 0.717) is 13.1 Å². The number of piperidine rings is 1. The van der Waals surface area contributed by atoms with Gasteiger partial charge in [0.05, 0.1) is 13.0 Å². The second kappa shape index (κ2) is 7.79. The van der Waals surface area contributed by atoms with Crippen LogP contribution < -0.4 is 0 Å². The zero-order valence-corrected chi connectivity index (χ0v) is 13.0. The topological polar surface area (TPSA) is 59.1 Å². The van der Waals surface area contributed by atoms with Gasteiger partial charge < -0.3 is 9.64 Å². The lowest BCUT2D eigenvalue weighted by Gasteiger charge is -2.32. The predicted octanol–water partition coefficient (Wildman–Crippen LogP) is 2.05. The number of carbonyl (C=O) groups excluding carboxylic acids is 2. The van der Waals surface area contributed by atoms with Crippen LogP contribution in [0.3, 0.4) is 0 Å². The van der Waals surface area contributed by atoms with E-state index in [9.17, 15) is 9.59 Å². The Kier molecular flexibility index (Phi) is 5.77. The summed E-state index contributed by atoms with van der Waals surface area (Å²) in [5, 5.41) is 1.21. The molecule has 6 heteroatoms. The van der Waals surface area contributed by atoms with E-state index in [1.54, 1.807) is 11.9 Å². The summed E-state index contributed by atoms with van der Waals surface area (Å²) < 4.78 is 5.31. The summed E-state index contributed by atoms with van der Waals surface area (Å²) in [5.41, 5.74) is 0.944. The molecule has 0 aromatic heterocycles. The Morgan fingerprint density at radius 3 is 2.73 bits per heavy atom. The summed E-state index contributed by atoms with van der Waals surface area (Å²) in [4.78, 5) is 30.7. The highest BCUT2D eigenvalue weighted by molar-refractivity contribution is 5.79. The highest BCUT2D eigenvalue weighted by Gasteiger charge is 2.31. The summed E-state index contributed by atoms with van der Waals surface area (Å²) in [5.74, 6) is -0.342. The van der Waals surface area contributed by atoms with Crippen LogP contribution in [-0.4, -0.2) is 49.2 Å². The van der Waals surface area contributed by atoms with E-state index < -0.39 is 0 Å². The van der Waals surface area contributed by atoms with Crippen molar-refractivity contribution in [2.45, 2.75) is 19.4 Å². The van der Waals surface area contributed by atoms with Crippen LogP contribution in [0.1, 0.15) is 18.4 Å². The van der Waals surface area contributed by atoms with E-state index in [1.165, 1.54) is 12.2 Å². The maximum absolute atomic E-state index is 12.1. The normalized spacial score (nSPS) is 17.9. The lowest BCUT2D eigenvalue weighted by Crippen LogP contribution is -2.45. The monoisotopic (exact) mass is 306 g/mol. The van der Waals surface area contributed by atoms with E-state index in [-0.39, 0.29) is 24.5 Å². The highest BCUT2D eigenvalue weighted by Crippen LogP contribution is 2.19. The molecule has 2 amide bonds. The number of rotatable bonds is 4. The minimum absolute atomic E-state index is 0.108. The third-order valence-corrected chi connectivity index (χ3v) is 3.82. The SMILES string of the molecule is CON(C)C(=O)[C@H]1CCCN(C(=O)OCc2ccccc2)C1. The third-order valence-electron chi connectivity index (χ3n) is 3.82. The fraction of sp³-hybridized carbons (Fsp3) is 0.500. The van der Waals surface area contributed by atoms with Crippen LogP contribution in [0.4, 0.5) is 4.79 Å². The molecular formula is C16H22N2O4. The summed E-state index contributed by atoms with van der Waals surface area (Å²) in [6, 6.07) is 9.53. The van der Waals surface area contributed by atoms with Gasteiger partial charge in [-0.3, -0.25) is 9.63 Å². The van der Waals surface area contributed by atoms with Crippen LogP contribution in [0.5, 0.6) is 0 Å². The molecule has 0 bridgehead atoms. The molecular weight excluding hydrogens is 284 g/mol. The number of carbonyl (C=O) groups is 2. The quantitative estimate of drug-likeness (QED) is 0.799. The Morgan fingerprint density at radius 1 is 1.32 bits per heavy atom. The Hall–Kier alpha value is -2.08. The van der Waals surface area contributed by atoms with Crippen molar-refractivity contribution in [2.24, 2.45) is 5.92 Å². The molecule has 0 saturated carbocycles. The molecule has 0 spiro atoms. The standard InChI is InChI=1S/C16H22N2O4/c1-17(21-2)15(19)14-9-6-10-18(11-14)16(20)22-12-13-7-4-3-5-8-13/h3-5,7-8,14H,6,9-12H2,1-2H3/t14-/m0/s1. The number of hydrogen-bond acceptors (Lipinski definition) is 4. The van der Waals surface area contributed by atoms with E-state index >= 15 is 0 Å². The van der Waals surface area contributed by atoms with Crippen molar-refractivity contribution in [3.05, 3.63) is 35.9 Å². The van der Waals surface area contributed by atoms with Crippen molar-refractivity contribution in [3.8, 4) is 0 Å². The van der Waals surface area contributed by atoms with Gasteiger partial charge in [0.1, 0.15) is 6.61 Å². The van der Waals surface area contributed by atoms with E-state index in [1.807, 2.05) is 30.3 Å². The summed E-state index contributed by atoms with van der Waals surface area (Å²) >= 11 is 0. The fourth-order valence-electron chi connectivity index (χ4n) is 2.50. The molecule has 120 valence electrons. The Morgan fingerprint density at radius 2 is 2.05 bits per heavy atom. The molecule has 1 aromatic carbocycles. The van der Waals surface area contributed by atoms with Crippen LogP contribution in [0.15, 0.2) is 30.3 Å². The molecule has 1 heterocycles. The number of likely N-dealkylation sites (tertiary alicyclic amines) is 1. The van der Waals surface area contributed by atoms with Gasteiger partial charge in [-0.1, -0.05) is 30.3 Å². The molecule has 0 N–H and O–H groups in total. The lowest BCUT2D eigenvalue weighted by molar-refractivity contribution is -0.174. The van der Waals surface area contributed by atoms with Crippen LogP contribution in [0.2, 0.25) is 0 Å². The van der Waals surface area contributed by atoms with Gasteiger partial charge >= 0.3 is 6.09 Å². The fourth-order valence-corrected chi connectivity index (χ4v) is 2.50. The Bertz CT molecular complexity index is 506. The van der Waals surface area contributed by atoms with Crippen molar-refractivity contribution in [1.29, 1.82) is 0 Å². The van der Waals surface area contributed by atoms with Crippen LogP contribution in [-0.2, 0) is 21.0 Å². The molecule has 2 rings (SSSR count). The predicted molar refractivity (Wildman–Crippen MR) is 80.7 cm³/mol. The summed E-state index contributed by atoms with van der Waals surface area (Å²) in [6.45, 7) is 1.24. The van der Waals surface area contributed by atoms with Gasteiger partial charge in [-0.15, -0.1) is 0 Å². The molecule has 6 nitrogen and oxygen atoms in total. The Labute approximate surface area is 130 Å². The maximum Gasteiger partial charge on any atom is 0.410 e. The molecule has 0 aliphatic carbocycles. The summed E-state index contributed by atoms with van der Waals surface area (Å²) in [6.07, 6.45) is 1.17. The first kappa shape index (κ1) is 16.3. The molecule has 0 unspecified atom stereocenters. The molecule has 1 aliphatic rings. The minimum Gasteiger partial charge on any atom is -0.445 e. The van der Waals surface area contributed by atoms with Crippen molar-refractivity contribution in [2.75, 3.05) is 27.2 Å². The molecule has 1 saturated heterocycles. The largest absolute Gasteiger partial charge is 0.445 e. The van der Waals surface area contributed by atoms with Crippen molar-refractivity contribution in [1.82, 2.24) is 9.96 Å². The van der Waals surface area contributed by atoms with Gasteiger partial charge in [-0.2, -0.15) is 0 Å². The molecule has 1 atom stereocenters. The summed E-state index contributed by atoms with van der Waals surface area (Å²) in [7, 11) is 3.03. The smallest absolute Gasteiger partial charge is 0.410 e. The number of hydrogen-bond donors (Lipinski definition) is 0. The lowest BCUT2D eigenvalue weighted by atomic mass is 9.97. The Balaban J connectivity index is 1.86. The van der Waals surface area contributed by atoms with E-state index in [4.69, 9.17) is 9.57 Å². The van der Waals surface area contributed by atoms with E-state index in [0.717, 1.165) is 18.4 Å². The highest BCUT2D eigenvalue weighted by atomic mass is 16.7. The number of ether oxygens (including phenoxy) is 1. The van der Waals surface area contributed by atoms with Crippen LogP contribution in [0.25, 0.3) is 0 Å². The number of nitrogens with zero attached hydrogens (tertiary/aromatic N) is 2. The van der Waals surface area contributed by atoms with Gasteiger partial charge in [-0.25, -0.2) is 9.86 Å². The number of benzene rings is 1. The second-order valence-corrected chi connectivity index (χ2v) is 5.34. The second-order valence-electron chi connectivity index (χ2n) is 5.34. The van der Waals surface area contributed by atoms with Crippen LogP contribution >= 0.6 is 0 Å². The van der Waals surface area contributed by atoms with Crippen LogP contribution in [0, 0.1) is 5.92 Å². The van der Waals surface area contributed by atoms with Gasteiger partial charge in [0.2, 0.25) is 0 Å². The molecule has 1 fully saturated rings. The van der Waals surface area contributed by atoms with Gasteiger partial charge in [0.15, 0.2) is 0 Å². The molecule has 1 aromatic rings. The average Bonchev–Trinajstić information content (AvgIpc) is 2.59. The number of amides is 2. The average molecular weight is 306 g/mol. The van der Waals surface area contributed by atoms with Crippen molar-refractivity contribution < 1.29 is 19.2 Å². The molecule has 0 radical (unpaired) electrons. The first-order valence-electron chi connectivity index (χ1n) is 7.39. The van der Waals surface area contributed by atoms with Crippen molar-refractivity contribution in [3.63, 3.8) is 0 Å². The molecule has 1 aliphatic heterocycles. The third kappa shape index (κ3) is 4.21. The van der Waals surface area contributed by atoms with Gasteiger partial charge in [0.25, 0.3) is 5.91 Å². The minimum atomic E-state index is -0.374. The first-order valence-corrected chi connectivity index (χ1v) is 7.39. The number of hydroxylamine groups is 2. The van der Waals surface area contributed by atoms with Crippen molar-refractivity contribution >= 4 is 12.0 Å². The van der Waals surface area contributed by atoms with E-state index in [2.05, 4.69) is 0 Å².